The van der Waals surface area contributed by atoms with Crippen molar-refractivity contribution in [3.63, 3.8) is 0 Å². The van der Waals surface area contributed by atoms with E-state index < -0.39 is 5.41 Å². The van der Waals surface area contributed by atoms with Crippen molar-refractivity contribution in [2.24, 2.45) is 62.4 Å². The van der Waals surface area contributed by atoms with Crippen LogP contribution in [0.1, 0.15) is 92.9 Å². The van der Waals surface area contributed by atoms with Gasteiger partial charge in [-0.3, -0.25) is 4.79 Å². The van der Waals surface area contributed by atoms with E-state index in [1.165, 1.54) is 5.57 Å². The minimum atomic E-state index is -0.507. The predicted octanol–water partition coefficient (Wildman–Crippen LogP) is 6.72. The highest BCUT2D eigenvalue weighted by Crippen LogP contribution is 2.77. The number of hydrogen-bond acceptors (Lipinski definition) is 2. The number of carbonyl (C=O) groups is 2. The fraction of sp³-hybridized carbons (Fsp3) is 0.774. The average Bonchev–Trinajstić information content (AvgIpc) is 3.18. The molecule has 1 amide bonds. The molecule has 0 aliphatic heterocycles. The van der Waals surface area contributed by atoms with E-state index in [9.17, 15) is 9.59 Å². The van der Waals surface area contributed by atoms with Gasteiger partial charge in [-0.2, -0.15) is 0 Å². The zero-order chi connectivity index (χ0) is 25.8. The molecule has 0 radical (unpaired) electrons. The number of carbonyl (C=O) groups excluding carboxylic acids is 2. The summed E-state index contributed by atoms with van der Waals surface area (Å²) in [5, 5.41) is 0. The van der Waals surface area contributed by atoms with Crippen LogP contribution in [0.4, 0.5) is 0 Å². The Morgan fingerprint density at radius 3 is 2.29 bits per heavy atom. The van der Waals surface area contributed by atoms with Crippen molar-refractivity contribution < 1.29 is 9.59 Å². The van der Waals surface area contributed by atoms with Gasteiger partial charge in [0.25, 0.3) is 0 Å². The molecule has 2 N–H and O–H groups in total. The lowest BCUT2D eigenvalue weighted by Gasteiger charge is -2.71. The Morgan fingerprint density at radius 1 is 1.00 bits per heavy atom. The van der Waals surface area contributed by atoms with E-state index in [1.807, 2.05) is 0 Å². The number of hydrogen-bond donors (Lipinski definition) is 1. The minimum absolute atomic E-state index is 0.0256. The second-order valence-corrected chi connectivity index (χ2v) is 14.3. The standard InChI is InChI=1S/C31H44N2O2/c1-18(2)19-11-14-31(26(32)35)16-15-29(6)20(24(19)31)9-10-23-28(5)17-21(33-8)25(34)27(3,4)22(28)12-13-30(23,29)7/h17,19-20,22-24H,1,9-16H2,2-7H3,(H2,32,35)/t19-,20+,22-,23+,24+,28-,29+,30+,31-/m0/s1. The molecule has 5 aliphatic rings. The molecule has 9 atom stereocenters. The summed E-state index contributed by atoms with van der Waals surface area (Å²) in [4.78, 5) is 29.9. The molecule has 0 aromatic heterocycles. The number of primary amides is 1. The van der Waals surface area contributed by atoms with Gasteiger partial charge < -0.3 is 10.5 Å². The van der Waals surface area contributed by atoms with Gasteiger partial charge in [-0.05, 0) is 104 Å². The number of Topliss-reactive ketones (excluding diaryl/α,β-unsaturated/α-hetero) is 1. The van der Waals surface area contributed by atoms with Crippen LogP contribution in [0.2, 0.25) is 0 Å². The van der Waals surface area contributed by atoms with Crippen LogP contribution in [-0.4, -0.2) is 11.7 Å². The Labute approximate surface area is 212 Å². The molecule has 0 heterocycles. The van der Waals surface area contributed by atoms with E-state index >= 15 is 0 Å². The third-order valence-corrected chi connectivity index (χ3v) is 13.0. The molecule has 190 valence electrons. The normalized spacial score (nSPS) is 50.0. The van der Waals surface area contributed by atoms with Crippen LogP contribution < -0.4 is 5.73 Å². The highest BCUT2D eigenvalue weighted by Gasteiger charge is 2.71. The summed E-state index contributed by atoms with van der Waals surface area (Å²) in [6, 6.07) is 0. The second kappa shape index (κ2) is 7.33. The Bertz CT molecular complexity index is 1080. The third kappa shape index (κ3) is 2.79. The lowest BCUT2D eigenvalue weighted by Crippen LogP contribution is -2.66. The Kier molecular flexibility index (Phi) is 5.19. The molecule has 35 heavy (non-hydrogen) atoms. The van der Waals surface area contributed by atoms with Gasteiger partial charge in [-0.1, -0.05) is 52.8 Å². The second-order valence-electron chi connectivity index (χ2n) is 14.3. The smallest absolute Gasteiger partial charge is 0.226 e. The summed E-state index contributed by atoms with van der Waals surface area (Å²) in [5.74, 6) is 1.74. The Balaban J connectivity index is 1.62. The predicted molar refractivity (Wildman–Crippen MR) is 139 cm³/mol. The zero-order valence-electron chi connectivity index (χ0n) is 22.7. The van der Waals surface area contributed by atoms with Crippen molar-refractivity contribution >= 4 is 11.7 Å². The molecule has 4 saturated carbocycles. The fourth-order valence-corrected chi connectivity index (χ4v) is 11.1. The Hall–Kier alpha value is -1.89. The van der Waals surface area contributed by atoms with Gasteiger partial charge in [-0.15, -0.1) is 0 Å². The summed E-state index contributed by atoms with van der Waals surface area (Å²) < 4.78 is 0. The lowest BCUT2D eigenvalue weighted by atomic mass is 9.33. The van der Waals surface area contributed by atoms with Gasteiger partial charge >= 0.3 is 0 Å². The first kappa shape index (κ1) is 24.8. The van der Waals surface area contributed by atoms with Crippen molar-refractivity contribution in [2.75, 3.05) is 0 Å². The highest BCUT2D eigenvalue weighted by molar-refractivity contribution is 6.02. The number of allylic oxidation sites excluding steroid dienone is 3. The summed E-state index contributed by atoms with van der Waals surface area (Å²) in [5.41, 5.74) is 6.87. The van der Waals surface area contributed by atoms with Crippen molar-refractivity contribution in [1.82, 2.24) is 0 Å². The van der Waals surface area contributed by atoms with Crippen molar-refractivity contribution in [2.45, 2.75) is 92.9 Å². The van der Waals surface area contributed by atoms with E-state index in [2.05, 4.69) is 59.0 Å². The minimum Gasteiger partial charge on any atom is -0.369 e. The van der Waals surface area contributed by atoms with E-state index in [1.54, 1.807) is 0 Å². The largest absolute Gasteiger partial charge is 0.369 e. The topological polar surface area (TPSA) is 64.5 Å². The first-order valence-corrected chi connectivity index (χ1v) is 13.8. The maximum atomic E-state index is 13.2. The molecule has 0 unspecified atom stereocenters. The van der Waals surface area contributed by atoms with Gasteiger partial charge in [0.05, 0.1) is 12.0 Å². The van der Waals surface area contributed by atoms with Crippen LogP contribution in [0.5, 0.6) is 0 Å². The van der Waals surface area contributed by atoms with Gasteiger partial charge in [0.2, 0.25) is 11.6 Å². The number of amides is 1. The summed E-state index contributed by atoms with van der Waals surface area (Å²) >= 11 is 0. The number of fused-ring (bicyclic) bond motifs is 7. The van der Waals surface area contributed by atoms with Crippen molar-refractivity contribution in [3.8, 4) is 0 Å². The maximum Gasteiger partial charge on any atom is 0.226 e. The summed E-state index contributed by atoms with van der Waals surface area (Å²) in [6.07, 6.45) is 10.3. The number of nitrogens with two attached hydrogens (primary N) is 1. The monoisotopic (exact) mass is 476 g/mol. The van der Waals surface area contributed by atoms with Crippen LogP contribution in [0.25, 0.3) is 4.85 Å². The molecular weight excluding hydrogens is 432 g/mol. The highest BCUT2D eigenvalue weighted by atomic mass is 16.1. The number of ketones is 1. The van der Waals surface area contributed by atoms with E-state index in [0.29, 0.717) is 29.4 Å². The first-order chi connectivity index (χ1) is 16.2. The molecule has 4 nitrogen and oxygen atoms in total. The van der Waals surface area contributed by atoms with Crippen LogP contribution in [0.15, 0.2) is 23.9 Å². The SMILES string of the molecule is [C-]#[N+]C1=C[C@]2(C)[C@H]3CC[C@@H]4[C@H]5[C@H](C(=C)C)CC[C@]5(C(N)=O)CC[C@@]4(C)[C@]3(C)CC[C@H]2C(C)(C)C1=O. The van der Waals surface area contributed by atoms with E-state index in [0.717, 1.165) is 51.4 Å². The van der Waals surface area contributed by atoms with Gasteiger partial charge in [0.15, 0.2) is 5.78 Å². The van der Waals surface area contributed by atoms with Crippen LogP contribution in [0.3, 0.4) is 0 Å². The third-order valence-electron chi connectivity index (χ3n) is 13.0. The summed E-state index contributed by atoms with van der Waals surface area (Å²) in [7, 11) is 0. The van der Waals surface area contributed by atoms with Crippen molar-refractivity contribution in [3.05, 3.63) is 35.3 Å². The molecule has 0 aromatic carbocycles. The van der Waals surface area contributed by atoms with Gasteiger partial charge in [-0.25, -0.2) is 4.85 Å². The molecule has 4 fully saturated rings. The number of rotatable bonds is 2. The van der Waals surface area contributed by atoms with Crippen LogP contribution >= 0.6 is 0 Å². The quantitative estimate of drug-likeness (QED) is 0.355. The first-order valence-electron chi connectivity index (χ1n) is 13.8. The number of nitrogens with zero attached hydrogens (tertiary/aromatic N) is 1. The van der Waals surface area contributed by atoms with Gasteiger partial charge in [0, 0.05) is 5.41 Å². The zero-order valence-corrected chi connectivity index (χ0v) is 22.7. The average molecular weight is 477 g/mol. The molecule has 0 saturated heterocycles. The molecule has 0 bridgehead atoms. The van der Waals surface area contributed by atoms with Gasteiger partial charge in [0.1, 0.15) is 0 Å². The molecular formula is C31H44N2O2. The van der Waals surface area contributed by atoms with Crippen LogP contribution in [0, 0.1) is 63.2 Å². The van der Waals surface area contributed by atoms with E-state index in [4.69, 9.17) is 12.3 Å². The maximum absolute atomic E-state index is 13.2. The van der Waals surface area contributed by atoms with Crippen LogP contribution in [-0.2, 0) is 9.59 Å². The van der Waals surface area contributed by atoms with Crippen molar-refractivity contribution in [1.29, 1.82) is 0 Å². The fourth-order valence-electron chi connectivity index (χ4n) is 11.1. The lowest BCUT2D eigenvalue weighted by molar-refractivity contribution is -0.217. The molecule has 4 heteroatoms. The molecule has 5 rings (SSSR count). The summed E-state index contributed by atoms with van der Waals surface area (Å²) in [6.45, 7) is 25.8. The Morgan fingerprint density at radius 2 is 1.69 bits per heavy atom. The van der Waals surface area contributed by atoms with E-state index in [-0.39, 0.29) is 39.3 Å². The molecule has 0 spiro atoms. The molecule has 0 aromatic rings. The molecule has 5 aliphatic carbocycles.